The Morgan fingerprint density at radius 3 is 2.44 bits per heavy atom. The highest BCUT2D eigenvalue weighted by Crippen LogP contribution is 2.35. The van der Waals surface area contributed by atoms with E-state index in [1.54, 1.807) is 0 Å². The van der Waals surface area contributed by atoms with Gasteiger partial charge in [0.15, 0.2) is 5.75 Å². The Balaban J connectivity index is 2.64. The van der Waals surface area contributed by atoms with Crippen LogP contribution in [0, 0.1) is 0 Å². The number of carbonyl (C=O) groups excluding carboxylic acids is 1. The zero-order valence-corrected chi connectivity index (χ0v) is 10.1. The molecule has 0 amide bonds. The normalized spacial score (nSPS) is 9.94. The average molecular weight is 264 g/mol. The second kappa shape index (κ2) is 5.82. The van der Waals surface area contributed by atoms with Crippen molar-refractivity contribution in [1.82, 2.24) is 0 Å². The van der Waals surface area contributed by atoms with E-state index in [4.69, 9.17) is 33.7 Å². The molecule has 88 valence electrons. The van der Waals surface area contributed by atoms with Crippen LogP contribution in [0.25, 0.3) is 0 Å². The minimum Gasteiger partial charge on any atom is -0.490 e. The second-order valence-corrected chi connectivity index (χ2v) is 3.80. The molecule has 0 aromatic heterocycles. The molecule has 0 saturated carbocycles. The fourth-order valence-corrected chi connectivity index (χ4v) is 1.67. The number of methoxy groups -OCH3 is 1. The molecule has 0 fully saturated rings. The van der Waals surface area contributed by atoms with Crippen molar-refractivity contribution in [3.63, 3.8) is 0 Å². The Morgan fingerprint density at radius 2 is 1.94 bits per heavy atom. The van der Waals surface area contributed by atoms with Gasteiger partial charge in [0.05, 0.1) is 30.2 Å². The molecule has 0 spiro atoms. The van der Waals surface area contributed by atoms with Crippen LogP contribution in [0.3, 0.4) is 0 Å². The first-order valence-electron chi connectivity index (χ1n) is 4.48. The third kappa shape index (κ3) is 3.47. The molecule has 0 aliphatic rings. The van der Waals surface area contributed by atoms with Crippen molar-refractivity contribution in [3.05, 3.63) is 22.2 Å². The van der Waals surface area contributed by atoms with Crippen molar-refractivity contribution in [2.75, 3.05) is 19.5 Å². The molecule has 1 aromatic rings. The number of rotatable bonds is 4. The van der Waals surface area contributed by atoms with Gasteiger partial charge in [0.2, 0.25) is 0 Å². The topological polar surface area (TPSA) is 61.5 Å². The number of halogens is 2. The number of hydrogen-bond acceptors (Lipinski definition) is 4. The van der Waals surface area contributed by atoms with Gasteiger partial charge in [0.1, 0.15) is 0 Å². The number of ether oxygens (including phenoxy) is 2. The summed E-state index contributed by atoms with van der Waals surface area (Å²) in [6.07, 6.45) is 0.132. The predicted molar refractivity (Wildman–Crippen MR) is 63.0 cm³/mol. The summed E-state index contributed by atoms with van der Waals surface area (Å²) in [5.41, 5.74) is 5.98. The van der Waals surface area contributed by atoms with E-state index in [2.05, 4.69) is 4.74 Å². The van der Waals surface area contributed by atoms with Gasteiger partial charge in [-0.15, -0.1) is 0 Å². The molecule has 1 aromatic carbocycles. The van der Waals surface area contributed by atoms with Gasteiger partial charge in [-0.1, -0.05) is 23.2 Å². The Hall–Kier alpha value is -1.13. The molecule has 0 bridgehead atoms. The lowest BCUT2D eigenvalue weighted by Crippen LogP contribution is -2.08. The molecular formula is C10H11Cl2NO3. The SMILES string of the molecule is COC(=O)CCOc1c(Cl)cc(N)cc1Cl. The lowest BCUT2D eigenvalue weighted by Gasteiger charge is -2.09. The summed E-state index contributed by atoms with van der Waals surface area (Å²) in [4.78, 5) is 10.8. The standard InChI is InChI=1S/C10H11Cl2NO3/c1-15-9(14)2-3-16-10-7(11)4-6(13)5-8(10)12/h4-5H,2-3,13H2,1H3. The summed E-state index contributed by atoms with van der Waals surface area (Å²) in [6, 6.07) is 3.06. The van der Waals surface area contributed by atoms with Crippen molar-refractivity contribution in [1.29, 1.82) is 0 Å². The number of esters is 1. The molecule has 6 heteroatoms. The van der Waals surface area contributed by atoms with Gasteiger partial charge in [0, 0.05) is 5.69 Å². The molecule has 0 aliphatic heterocycles. The summed E-state index contributed by atoms with van der Waals surface area (Å²) in [5.74, 6) is -0.0378. The smallest absolute Gasteiger partial charge is 0.308 e. The Kier molecular flexibility index (Phi) is 4.71. The molecule has 0 radical (unpaired) electrons. The van der Waals surface area contributed by atoms with Crippen molar-refractivity contribution in [2.24, 2.45) is 0 Å². The molecule has 16 heavy (non-hydrogen) atoms. The molecule has 4 nitrogen and oxygen atoms in total. The summed E-state index contributed by atoms with van der Waals surface area (Å²) in [7, 11) is 1.31. The number of hydrogen-bond donors (Lipinski definition) is 1. The molecule has 0 heterocycles. The average Bonchev–Trinajstić information content (AvgIpc) is 2.21. The van der Waals surface area contributed by atoms with Crippen LogP contribution >= 0.6 is 23.2 Å². The summed E-state index contributed by atoms with van der Waals surface area (Å²) in [5, 5.41) is 0.629. The van der Waals surface area contributed by atoms with Crippen LogP contribution in [-0.4, -0.2) is 19.7 Å². The molecule has 0 aliphatic carbocycles. The predicted octanol–water partition coefficient (Wildman–Crippen LogP) is 2.52. The Morgan fingerprint density at radius 1 is 1.38 bits per heavy atom. The number of nitrogen functional groups attached to an aromatic ring is 1. The summed E-state index contributed by atoms with van der Waals surface area (Å²) >= 11 is 11.8. The van der Waals surface area contributed by atoms with Crippen LogP contribution in [0.15, 0.2) is 12.1 Å². The van der Waals surface area contributed by atoms with Gasteiger partial charge in [0.25, 0.3) is 0 Å². The number of carbonyl (C=O) groups is 1. The third-order valence-corrected chi connectivity index (χ3v) is 2.36. The first kappa shape index (κ1) is 12.9. The van der Waals surface area contributed by atoms with Gasteiger partial charge in [-0.3, -0.25) is 4.79 Å². The van der Waals surface area contributed by atoms with E-state index in [1.165, 1.54) is 19.2 Å². The second-order valence-electron chi connectivity index (χ2n) is 2.99. The minimum absolute atomic E-state index is 0.132. The highest BCUT2D eigenvalue weighted by molar-refractivity contribution is 6.37. The summed E-state index contributed by atoms with van der Waals surface area (Å²) in [6.45, 7) is 0.149. The van der Waals surface area contributed by atoms with Gasteiger partial charge in [-0.05, 0) is 12.1 Å². The maximum atomic E-state index is 10.8. The van der Waals surface area contributed by atoms with Gasteiger partial charge in [-0.2, -0.15) is 0 Å². The third-order valence-electron chi connectivity index (χ3n) is 1.80. The molecule has 0 unspecified atom stereocenters. The largest absolute Gasteiger partial charge is 0.490 e. The van der Waals surface area contributed by atoms with E-state index < -0.39 is 0 Å². The van der Waals surface area contributed by atoms with Crippen LogP contribution in [0.5, 0.6) is 5.75 Å². The van der Waals surface area contributed by atoms with E-state index >= 15 is 0 Å². The van der Waals surface area contributed by atoms with E-state index in [1.807, 2.05) is 0 Å². The quantitative estimate of drug-likeness (QED) is 0.670. The van der Waals surface area contributed by atoms with Crippen molar-refractivity contribution in [2.45, 2.75) is 6.42 Å². The lowest BCUT2D eigenvalue weighted by atomic mass is 10.3. The fraction of sp³-hybridized carbons (Fsp3) is 0.300. The lowest BCUT2D eigenvalue weighted by molar-refractivity contribution is -0.141. The van der Waals surface area contributed by atoms with Crippen LogP contribution in [0.2, 0.25) is 10.0 Å². The minimum atomic E-state index is -0.359. The maximum absolute atomic E-state index is 10.8. The van der Waals surface area contributed by atoms with Gasteiger partial charge in [-0.25, -0.2) is 0 Å². The van der Waals surface area contributed by atoms with E-state index in [0.29, 0.717) is 21.5 Å². The van der Waals surface area contributed by atoms with Crippen molar-refractivity contribution >= 4 is 34.9 Å². The molecule has 0 saturated heterocycles. The van der Waals surface area contributed by atoms with Crippen molar-refractivity contribution < 1.29 is 14.3 Å². The monoisotopic (exact) mass is 263 g/mol. The Labute approximate surface area is 103 Å². The van der Waals surface area contributed by atoms with Crippen LogP contribution < -0.4 is 10.5 Å². The number of anilines is 1. The maximum Gasteiger partial charge on any atom is 0.308 e. The van der Waals surface area contributed by atoms with Gasteiger partial charge >= 0.3 is 5.97 Å². The van der Waals surface area contributed by atoms with Crippen molar-refractivity contribution in [3.8, 4) is 5.75 Å². The van der Waals surface area contributed by atoms with Gasteiger partial charge < -0.3 is 15.2 Å². The first-order valence-corrected chi connectivity index (χ1v) is 5.24. The highest BCUT2D eigenvalue weighted by atomic mass is 35.5. The zero-order valence-electron chi connectivity index (χ0n) is 8.63. The van der Waals surface area contributed by atoms with E-state index in [-0.39, 0.29) is 19.0 Å². The fourth-order valence-electron chi connectivity index (χ4n) is 1.06. The van der Waals surface area contributed by atoms with E-state index in [0.717, 1.165) is 0 Å². The van der Waals surface area contributed by atoms with E-state index in [9.17, 15) is 4.79 Å². The summed E-state index contributed by atoms with van der Waals surface area (Å²) < 4.78 is 9.74. The number of benzene rings is 1. The Bertz CT molecular complexity index is 373. The van der Waals surface area contributed by atoms with Crippen LogP contribution in [-0.2, 0) is 9.53 Å². The number of nitrogens with two attached hydrogens (primary N) is 1. The van der Waals surface area contributed by atoms with Crippen LogP contribution in [0.4, 0.5) is 5.69 Å². The molecule has 0 atom stereocenters. The molecule has 1 rings (SSSR count). The molecular weight excluding hydrogens is 253 g/mol. The zero-order chi connectivity index (χ0) is 12.1. The first-order chi connectivity index (χ1) is 7.54. The molecule has 2 N–H and O–H groups in total. The highest BCUT2D eigenvalue weighted by Gasteiger charge is 2.09. The van der Waals surface area contributed by atoms with Crippen LogP contribution in [0.1, 0.15) is 6.42 Å².